The predicted octanol–water partition coefficient (Wildman–Crippen LogP) is 2.53. The summed E-state index contributed by atoms with van der Waals surface area (Å²) < 4.78 is 40.4. The molecule has 2 rings (SSSR count). The minimum atomic E-state index is -3.67. The largest absolute Gasteiger partial charge is 0.398 e. The van der Waals surface area contributed by atoms with Crippen molar-refractivity contribution in [3.05, 3.63) is 23.5 Å². The number of nitrogens with zero attached hydrogens (tertiary/aromatic N) is 1. The summed E-state index contributed by atoms with van der Waals surface area (Å²) in [5.41, 5.74) is 6.14. The summed E-state index contributed by atoms with van der Waals surface area (Å²) in [7, 11) is -3.67. The molecule has 0 unspecified atom stereocenters. The number of sulfonamides is 1. The van der Waals surface area contributed by atoms with Gasteiger partial charge in [0.1, 0.15) is 5.82 Å². The highest BCUT2D eigenvalue weighted by Gasteiger charge is 2.31. The molecule has 2 N–H and O–H groups in total. The predicted molar refractivity (Wildman–Crippen MR) is 77.3 cm³/mol. The van der Waals surface area contributed by atoms with E-state index in [1.165, 1.54) is 17.3 Å². The molecule has 4 nitrogen and oxygen atoms in total. The van der Waals surface area contributed by atoms with E-state index in [4.69, 9.17) is 5.73 Å². The summed E-state index contributed by atoms with van der Waals surface area (Å²) in [4.78, 5) is -0.0489. The Morgan fingerprint density at radius 3 is 2.55 bits per heavy atom. The van der Waals surface area contributed by atoms with Gasteiger partial charge in [-0.1, -0.05) is 6.92 Å². The molecule has 0 bridgehead atoms. The number of hydrogen-bond acceptors (Lipinski definition) is 3. The lowest BCUT2D eigenvalue weighted by Gasteiger charge is -2.22. The van der Waals surface area contributed by atoms with Gasteiger partial charge in [0.05, 0.1) is 4.90 Å². The fourth-order valence-electron chi connectivity index (χ4n) is 2.12. The van der Waals surface area contributed by atoms with E-state index in [-0.39, 0.29) is 16.1 Å². The van der Waals surface area contributed by atoms with Gasteiger partial charge >= 0.3 is 0 Å². The van der Waals surface area contributed by atoms with Crippen molar-refractivity contribution in [3.63, 3.8) is 0 Å². The van der Waals surface area contributed by atoms with Crippen LogP contribution in [0.25, 0.3) is 0 Å². The average molecular weight is 300 g/mol. The molecule has 112 valence electrons. The van der Waals surface area contributed by atoms with Crippen molar-refractivity contribution < 1.29 is 12.8 Å². The molecule has 20 heavy (non-hydrogen) atoms. The van der Waals surface area contributed by atoms with Gasteiger partial charge in [0, 0.05) is 24.3 Å². The Kier molecular flexibility index (Phi) is 4.34. The van der Waals surface area contributed by atoms with Gasteiger partial charge in [-0.25, -0.2) is 12.8 Å². The van der Waals surface area contributed by atoms with Crippen LogP contribution < -0.4 is 5.73 Å². The van der Waals surface area contributed by atoms with Crippen molar-refractivity contribution in [2.45, 2.75) is 38.0 Å². The Hall–Kier alpha value is -1.14. The van der Waals surface area contributed by atoms with Gasteiger partial charge in [-0.3, -0.25) is 0 Å². The second kappa shape index (κ2) is 5.69. The van der Waals surface area contributed by atoms with Gasteiger partial charge in [-0.2, -0.15) is 4.31 Å². The number of rotatable bonds is 6. The van der Waals surface area contributed by atoms with Gasteiger partial charge in [0.15, 0.2) is 0 Å². The summed E-state index contributed by atoms with van der Waals surface area (Å²) in [6.45, 7) is 4.44. The Labute approximate surface area is 119 Å². The van der Waals surface area contributed by atoms with Crippen molar-refractivity contribution in [3.8, 4) is 0 Å². The molecule has 0 spiro atoms. The molecule has 1 aliphatic carbocycles. The first-order valence-corrected chi connectivity index (χ1v) is 8.36. The summed E-state index contributed by atoms with van der Waals surface area (Å²) in [5.74, 6) is -0.129. The molecule has 1 aromatic carbocycles. The number of benzene rings is 1. The van der Waals surface area contributed by atoms with Crippen LogP contribution in [0, 0.1) is 18.7 Å². The number of hydrogen-bond donors (Lipinski definition) is 1. The number of halogens is 1. The zero-order valence-corrected chi connectivity index (χ0v) is 12.7. The molecular formula is C14H21FN2O2S. The van der Waals surface area contributed by atoms with Gasteiger partial charge in [-0.05, 0) is 44.2 Å². The molecule has 0 atom stereocenters. The van der Waals surface area contributed by atoms with E-state index in [2.05, 4.69) is 0 Å². The van der Waals surface area contributed by atoms with Gasteiger partial charge in [0.25, 0.3) is 0 Å². The molecule has 0 heterocycles. The summed E-state index contributed by atoms with van der Waals surface area (Å²) >= 11 is 0. The summed E-state index contributed by atoms with van der Waals surface area (Å²) in [6, 6.07) is 2.42. The van der Waals surface area contributed by atoms with E-state index in [1.807, 2.05) is 6.92 Å². The minimum absolute atomic E-state index is 0.0489. The van der Waals surface area contributed by atoms with E-state index in [1.54, 1.807) is 0 Å². The smallest absolute Gasteiger partial charge is 0.243 e. The second-order valence-corrected chi connectivity index (χ2v) is 7.36. The first-order valence-electron chi connectivity index (χ1n) is 6.92. The normalized spacial score (nSPS) is 15.8. The lowest BCUT2D eigenvalue weighted by molar-refractivity contribution is 0.395. The molecule has 0 saturated heterocycles. The van der Waals surface area contributed by atoms with Crippen molar-refractivity contribution >= 4 is 15.7 Å². The molecule has 0 amide bonds. The van der Waals surface area contributed by atoms with Crippen molar-refractivity contribution in [2.75, 3.05) is 18.8 Å². The maximum absolute atomic E-state index is 13.7. The van der Waals surface area contributed by atoms with Gasteiger partial charge in [-0.15, -0.1) is 0 Å². The van der Waals surface area contributed by atoms with Crippen molar-refractivity contribution in [1.82, 2.24) is 4.31 Å². The molecule has 6 heteroatoms. The highest BCUT2D eigenvalue weighted by atomic mass is 32.2. The van der Waals surface area contributed by atoms with Crippen LogP contribution in [0.1, 0.15) is 31.7 Å². The Morgan fingerprint density at radius 2 is 2.05 bits per heavy atom. The van der Waals surface area contributed by atoms with E-state index in [0.717, 1.165) is 25.3 Å². The Balaban J connectivity index is 2.35. The minimum Gasteiger partial charge on any atom is -0.398 e. The third kappa shape index (κ3) is 3.12. The van der Waals surface area contributed by atoms with Gasteiger partial charge in [0.2, 0.25) is 10.0 Å². The van der Waals surface area contributed by atoms with Crippen LogP contribution in [-0.2, 0) is 10.0 Å². The Morgan fingerprint density at radius 1 is 1.40 bits per heavy atom. The summed E-state index contributed by atoms with van der Waals surface area (Å²) in [6.07, 6.45) is 2.87. The lowest BCUT2D eigenvalue weighted by atomic mass is 10.2. The SMILES string of the molecule is CCCN(CC1CC1)S(=O)(=O)c1cc(N)c(C)c(F)c1. The lowest BCUT2D eigenvalue weighted by Crippen LogP contribution is -2.33. The maximum atomic E-state index is 13.7. The van der Waals surface area contributed by atoms with E-state index < -0.39 is 15.8 Å². The van der Waals surface area contributed by atoms with Crippen LogP contribution in [0.4, 0.5) is 10.1 Å². The molecule has 0 radical (unpaired) electrons. The number of anilines is 1. The highest BCUT2D eigenvalue weighted by Crippen LogP contribution is 2.32. The molecule has 1 fully saturated rings. The first-order chi connectivity index (χ1) is 9.36. The highest BCUT2D eigenvalue weighted by molar-refractivity contribution is 7.89. The number of nitrogen functional groups attached to an aromatic ring is 1. The zero-order valence-electron chi connectivity index (χ0n) is 11.9. The quantitative estimate of drug-likeness (QED) is 0.821. The van der Waals surface area contributed by atoms with Crippen LogP contribution in [-0.4, -0.2) is 25.8 Å². The zero-order chi connectivity index (χ0) is 14.9. The molecule has 1 aliphatic rings. The molecule has 0 aliphatic heterocycles. The van der Waals surface area contributed by atoms with E-state index in [9.17, 15) is 12.8 Å². The molecular weight excluding hydrogens is 279 g/mol. The fourth-order valence-corrected chi connectivity index (χ4v) is 3.78. The average Bonchev–Trinajstić information content (AvgIpc) is 3.18. The van der Waals surface area contributed by atoms with Crippen LogP contribution in [0.3, 0.4) is 0 Å². The van der Waals surface area contributed by atoms with E-state index in [0.29, 0.717) is 19.0 Å². The monoisotopic (exact) mass is 300 g/mol. The maximum Gasteiger partial charge on any atom is 0.243 e. The molecule has 1 aromatic rings. The third-order valence-electron chi connectivity index (χ3n) is 3.63. The standard InChI is InChI=1S/C14H21FN2O2S/c1-3-6-17(9-11-4-5-11)20(18,19)12-7-13(15)10(2)14(16)8-12/h7-8,11H,3-6,9,16H2,1-2H3. The van der Waals surface area contributed by atoms with Crippen LogP contribution in [0.5, 0.6) is 0 Å². The molecule has 0 aromatic heterocycles. The van der Waals surface area contributed by atoms with Gasteiger partial charge < -0.3 is 5.73 Å². The van der Waals surface area contributed by atoms with Crippen molar-refractivity contribution in [2.24, 2.45) is 5.92 Å². The third-order valence-corrected chi connectivity index (χ3v) is 5.47. The van der Waals surface area contributed by atoms with Crippen molar-refractivity contribution in [1.29, 1.82) is 0 Å². The van der Waals surface area contributed by atoms with E-state index >= 15 is 0 Å². The Bertz CT molecular complexity index is 574. The second-order valence-electron chi connectivity index (χ2n) is 5.43. The first kappa shape index (κ1) is 15.3. The summed E-state index contributed by atoms with van der Waals surface area (Å²) in [5, 5.41) is 0. The van der Waals surface area contributed by atoms with Crippen LogP contribution in [0.2, 0.25) is 0 Å². The van der Waals surface area contributed by atoms with Crippen LogP contribution in [0.15, 0.2) is 17.0 Å². The fraction of sp³-hybridized carbons (Fsp3) is 0.571. The molecule has 1 saturated carbocycles. The van der Waals surface area contributed by atoms with Crippen LogP contribution >= 0.6 is 0 Å². The number of nitrogens with two attached hydrogens (primary N) is 1. The topological polar surface area (TPSA) is 63.4 Å².